The first-order valence-corrected chi connectivity index (χ1v) is 7.71. The van der Waals surface area contributed by atoms with Crippen LogP contribution in [-0.2, 0) is 16.0 Å². The Morgan fingerprint density at radius 2 is 2.10 bits per heavy atom. The Morgan fingerprint density at radius 3 is 2.85 bits per heavy atom. The molecular weight excluding hydrogens is 276 g/mol. The fourth-order valence-electron chi connectivity index (χ4n) is 2.97. The predicted octanol–water partition coefficient (Wildman–Crippen LogP) is 0.640. The number of aliphatic carboxylic acids is 1. The van der Waals surface area contributed by atoms with Gasteiger partial charge in [0.2, 0.25) is 5.91 Å². The summed E-state index contributed by atoms with van der Waals surface area (Å²) in [6.07, 6.45) is 0.471. The molecule has 3 rings (SSSR count). The van der Waals surface area contributed by atoms with Crippen molar-refractivity contribution in [2.75, 3.05) is 11.5 Å². The van der Waals surface area contributed by atoms with Gasteiger partial charge in [-0.1, -0.05) is 24.3 Å². The van der Waals surface area contributed by atoms with Crippen LogP contribution in [0.3, 0.4) is 0 Å². The molecule has 0 aromatic heterocycles. The van der Waals surface area contributed by atoms with Gasteiger partial charge in [-0.3, -0.25) is 4.79 Å². The fraction of sp³-hybridized carbons (Fsp3) is 0.429. The van der Waals surface area contributed by atoms with E-state index in [0.717, 1.165) is 16.9 Å². The van der Waals surface area contributed by atoms with Gasteiger partial charge in [0.1, 0.15) is 6.04 Å². The Morgan fingerprint density at radius 1 is 1.35 bits per heavy atom. The molecule has 1 aromatic carbocycles. The lowest BCUT2D eigenvalue weighted by Crippen LogP contribution is -2.55. The molecule has 0 aliphatic carbocycles. The lowest BCUT2D eigenvalue weighted by Gasteiger charge is -2.40. The molecule has 5 nitrogen and oxygen atoms in total. The molecule has 0 spiro atoms. The molecule has 1 fully saturated rings. The molecule has 3 unspecified atom stereocenters. The number of rotatable bonds is 1. The summed E-state index contributed by atoms with van der Waals surface area (Å²) in [5, 5.41) is 9.37. The first kappa shape index (κ1) is 13.5. The number of nitrogens with zero attached hydrogens (tertiary/aromatic N) is 1. The van der Waals surface area contributed by atoms with Crippen molar-refractivity contribution in [2.45, 2.75) is 24.5 Å². The van der Waals surface area contributed by atoms with Crippen molar-refractivity contribution in [2.24, 2.45) is 5.73 Å². The van der Waals surface area contributed by atoms with Crippen LogP contribution in [-0.4, -0.2) is 45.5 Å². The van der Waals surface area contributed by atoms with E-state index in [1.807, 2.05) is 24.3 Å². The van der Waals surface area contributed by atoms with Gasteiger partial charge in [0.15, 0.2) is 0 Å². The first-order chi connectivity index (χ1) is 9.59. The average Bonchev–Trinajstić information content (AvgIpc) is 2.55. The monoisotopic (exact) mass is 292 g/mol. The molecule has 1 amide bonds. The van der Waals surface area contributed by atoms with Crippen LogP contribution in [0.15, 0.2) is 24.3 Å². The molecule has 2 heterocycles. The minimum Gasteiger partial charge on any atom is -0.480 e. The van der Waals surface area contributed by atoms with E-state index in [9.17, 15) is 14.7 Å². The number of nitrogens with two attached hydrogens (primary N) is 1. The van der Waals surface area contributed by atoms with Gasteiger partial charge in [-0.15, -0.1) is 0 Å². The summed E-state index contributed by atoms with van der Waals surface area (Å²) in [6.45, 7) is 0. The average molecular weight is 292 g/mol. The van der Waals surface area contributed by atoms with Crippen molar-refractivity contribution in [1.82, 2.24) is 4.90 Å². The number of hydrogen-bond acceptors (Lipinski definition) is 4. The topological polar surface area (TPSA) is 83.6 Å². The number of carbonyl (C=O) groups excluding carboxylic acids is 1. The number of thioether (sulfide) groups is 1. The van der Waals surface area contributed by atoms with Gasteiger partial charge >= 0.3 is 5.97 Å². The van der Waals surface area contributed by atoms with E-state index in [-0.39, 0.29) is 11.9 Å². The van der Waals surface area contributed by atoms with Gasteiger partial charge in [-0.25, -0.2) is 4.79 Å². The van der Waals surface area contributed by atoms with Crippen LogP contribution in [0, 0.1) is 0 Å². The predicted molar refractivity (Wildman–Crippen MR) is 76.5 cm³/mol. The SMILES string of the molecule is NC1Cc2ccccc2C2CSCC(C(=O)O)N2C1=O. The quantitative estimate of drug-likeness (QED) is 0.793. The van der Waals surface area contributed by atoms with Crippen LogP contribution in [0.4, 0.5) is 0 Å². The number of benzene rings is 1. The highest BCUT2D eigenvalue weighted by Crippen LogP contribution is 2.37. The summed E-state index contributed by atoms with van der Waals surface area (Å²) in [5.41, 5.74) is 8.05. The maximum absolute atomic E-state index is 12.5. The summed E-state index contributed by atoms with van der Waals surface area (Å²) in [7, 11) is 0. The Kier molecular flexibility index (Phi) is 3.43. The van der Waals surface area contributed by atoms with Gasteiger partial charge in [0.25, 0.3) is 0 Å². The van der Waals surface area contributed by atoms with Crippen molar-refractivity contribution >= 4 is 23.6 Å². The summed E-state index contributed by atoms with van der Waals surface area (Å²) in [6, 6.07) is 6.16. The molecule has 20 heavy (non-hydrogen) atoms. The Balaban J connectivity index is 2.10. The van der Waals surface area contributed by atoms with Crippen LogP contribution in [0.2, 0.25) is 0 Å². The zero-order valence-electron chi connectivity index (χ0n) is 10.9. The van der Waals surface area contributed by atoms with Crippen LogP contribution in [0.1, 0.15) is 17.2 Å². The Labute approximate surface area is 121 Å². The second-order valence-electron chi connectivity index (χ2n) is 5.16. The molecule has 3 atom stereocenters. The molecule has 1 aromatic rings. The molecular formula is C14H16N2O3S. The van der Waals surface area contributed by atoms with Crippen molar-refractivity contribution in [3.63, 3.8) is 0 Å². The van der Waals surface area contributed by atoms with E-state index in [1.165, 1.54) is 4.90 Å². The zero-order chi connectivity index (χ0) is 14.3. The van der Waals surface area contributed by atoms with E-state index in [1.54, 1.807) is 11.8 Å². The van der Waals surface area contributed by atoms with Gasteiger partial charge in [0, 0.05) is 11.5 Å². The van der Waals surface area contributed by atoms with E-state index >= 15 is 0 Å². The fourth-order valence-corrected chi connectivity index (χ4v) is 4.19. The van der Waals surface area contributed by atoms with Crippen LogP contribution in [0.5, 0.6) is 0 Å². The van der Waals surface area contributed by atoms with Crippen molar-refractivity contribution < 1.29 is 14.7 Å². The van der Waals surface area contributed by atoms with E-state index in [4.69, 9.17) is 5.73 Å². The molecule has 0 saturated carbocycles. The zero-order valence-corrected chi connectivity index (χ0v) is 11.7. The summed E-state index contributed by atoms with van der Waals surface area (Å²) in [5.74, 6) is -0.0628. The smallest absolute Gasteiger partial charge is 0.327 e. The van der Waals surface area contributed by atoms with Crippen LogP contribution < -0.4 is 5.73 Å². The number of fused-ring (bicyclic) bond motifs is 3. The van der Waals surface area contributed by atoms with Gasteiger partial charge in [0.05, 0.1) is 12.1 Å². The third kappa shape index (κ3) is 2.09. The second kappa shape index (κ2) is 5.10. The van der Waals surface area contributed by atoms with Gasteiger partial charge in [-0.2, -0.15) is 11.8 Å². The van der Waals surface area contributed by atoms with Gasteiger partial charge in [-0.05, 0) is 17.5 Å². The lowest BCUT2D eigenvalue weighted by molar-refractivity contribution is -0.151. The minimum absolute atomic E-state index is 0.188. The molecule has 2 aliphatic rings. The molecule has 106 valence electrons. The summed E-state index contributed by atoms with van der Waals surface area (Å²) >= 11 is 1.58. The van der Waals surface area contributed by atoms with Crippen molar-refractivity contribution in [3.8, 4) is 0 Å². The highest BCUT2D eigenvalue weighted by atomic mass is 32.2. The first-order valence-electron chi connectivity index (χ1n) is 6.55. The lowest BCUT2D eigenvalue weighted by atomic mass is 9.98. The molecule has 6 heteroatoms. The van der Waals surface area contributed by atoms with Crippen LogP contribution in [0.25, 0.3) is 0 Å². The van der Waals surface area contributed by atoms with Gasteiger partial charge < -0.3 is 15.7 Å². The molecule has 0 bridgehead atoms. The maximum atomic E-state index is 12.5. The number of hydrogen-bond donors (Lipinski definition) is 2. The molecule has 1 saturated heterocycles. The summed E-state index contributed by atoms with van der Waals surface area (Å²) in [4.78, 5) is 25.4. The standard InChI is InChI=1S/C14H16N2O3S/c15-10-5-8-3-1-2-4-9(8)11-6-20-7-12(14(18)19)16(11)13(10)17/h1-4,10-12H,5-7,15H2,(H,18,19). The number of amides is 1. The molecule has 2 aliphatic heterocycles. The van der Waals surface area contributed by atoms with E-state index in [2.05, 4.69) is 0 Å². The Bertz CT molecular complexity index is 563. The summed E-state index contributed by atoms with van der Waals surface area (Å²) < 4.78 is 0. The largest absolute Gasteiger partial charge is 0.480 e. The number of carbonyl (C=O) groups is 2. The Hall–Kier alpha value is -1.53. The number of carboxylic acid groups (broad SMARTS) is 1. The van der Waals surface area contributed by atoms with E-state index < -0.39 is 18.1 Å². The van der Waals surface area contributed by atoms with Crippen molar-refractivity contribution in [3.05, 3.63) is 35.4 Å². The number of carboxylic acids is 1. The highest BCUT2D eigenvalue weighted by Gasteiger charge is 2.43. The normalized spacial score (nSPS) is 29.4. The maximum Gasteiger partial charge on any atom is 0.327 e. The second-order valence-corrected chi connectivity index (χ2v) is 6.24. The minimum atomic E-state index is -0.956. The molecule has 3 N–H and O–H groups in total. The van der Waals surface area contributed by atoms with E-state index in [0.29, 0.717) is 12.2 Å². The molecule has 0 radical (unpaired) electrons. The third-order valence-electron chi connectivity index (χ3n) is 3.93. The van der Waals surface area contributed by atoms with Crippen molar-refractivity contribution in [1.29, 1.82) is 0 Å². The van der Waals surface area contributed by atoms with Crippen LogP contribution >= 0.6 is 11.8 Å². The third-order valence-corrected chi connectivity index (χ3v) is 5.04. The highest BCUT2D eigenvalue weighted by molar-refractivity contribution is 7.99.